The van der Waals surface area contributed by atoms with Crippen molar-refractivity contribution in [3.05, 3.63) is 12.4 Å². The van der Waals surface area contributed by atoms with Gasteiger partial charge in [-0.2, -0.15) is 0 Å². The van der Waals surface area contributed by atoms with Crippen molar-refractivity contribution >= 4 is 21.9 Å². The molecule has 0 aliphatic heterocycles. The van der Waals surface area contributed by atoms with Crippen LogP contribution < -0.4 is 15.4 Å². The number of anilines is 1. The molecule has 20 heavy (non-hydrogen) atoms. The van der Waals surface area contributed by atoms with E-state index in [-0.39, 0.29) is 23.8 Å². The molecule has 0 saturated heterocycles. The third-order valence-electron chi connectivity index (χ3n) is 2.39. The van der Waals surface area contributed by atoms with Crippen molar-refractivity contribution < 1.29 is 13.2 Å². The third-order valence-corrected chi connectivity index (χ3v) is 3.81. The number of hydrogen-bond donors (Lipinski definition) is 3. The highest BCUT2D eigenvalue weighted by Gasteiger charge is 2.15. The number of aromatic nitrogens is 2. The zero-order valence-electron chi connectivity index (χ0n) is 11.5. The SMILES string of the molecule is CCCNc1ncc(S(=O)(=O)NCCC(=O)NC)cn1. The molecule has 112 valence electrons. The predicted molar refractivity (Wildman–Crippen MR) is 74.7 cm³/mol. The van der Waals surface area contributed by atoms with Crippen LogP contribution in [0.3, 0.4) is 0 Å². The van der Waals surface area contributed by atoms with Crippen molar-refractivity contribution in [1.82, 2.24) is 20.0 Å². The van der Waals surface area contributed by atoms with Gasteiger partial charge in [-0.25, -0.2) is 23.1 Å². The summed E-state index contributed by atoms with van der Waals surface area (Å²) in [6.07, 6.45) is 3.46. The molecular formula is C11H19N5O3S. The van der Waals surface area contributed by atoms with Crippen LogP contribution in [0.15, 0.2) is 17.3 Å². The number of rotatable bonds is 8. The fourth-order valence-corrected chi connectivity index (χ4v) is 2.21. The Labute approximate surface area is 118 Å². The molecule has 0 aliphatic rings. The maximum Gasteiger partial charge on any atom is 0.243 e. The van der Waals surface area contributed by atoms with Crippen LogP contribution in [0.2, 0.25) is 0 Å². The highest BCUT2D eigenvalue weighted by Crippen LogP contribution is 2.07. The Kier molecular flexibility index (Phi) is 6.32. The summed E-state index contributed by atoms with van der Waals surface area (Å²) in [5.41, 5.74) is 0. The van der Waals surface area contributed by atoms with E-state index in [1.165, 1.54) is 19.4 Å². The molecule has 0 bridgehead atoms. The molecule has 0 fully saturated rings. The van der Waals surface area contributed by atoms with Gasteiger partial charge in [-0.15, -0.1) is 0 Å². The van der Waals surface area contributed by atoms with E-state index in [1.807, 2.05) is 6.92 Å². The van der Waals surface area contributed by atoms with Gasteiger partial charge in [0, 0.05) is 26.6 Å². The first-order chi connectivity index (χ1) is 9.49. The Morgan fingerprint density at radius 2 is 1.90 bits per heavy atom. The Bertz CT molecular complexity index is 529. The van der Waals surface area contributed by atoms with Crippen LogP contribution in [-0.2, 0) is 14.8 Å². The number of nitrogens with zero attached hydrogens (tertiary/aromatic N) is 2. The lowest BCUT2D eigenvalue weighted by Crippen LogP contribution is -2.29. The summed E-state index contributed by atoms with van der Waals surface area (Å²) in [5.74, 6) is 0.152. The zero-order valence-corrected chi connectivity index (χ0v) is 12.3. The van der Waals surface area contributed by atoms with Crippen LogP contribution in [0.1, 0.15) is 19.8 Å². The molecule has 0 radical (unpaired) electrons. The molecule has 3 N–H and O–H groups in total. The first-order valence-corrected chi connectivity index (χ1v) is 7.74. The number of hydrogen-bond acceptors (Lipinski definition) is 6. The largest absolute Gasteiger partial charge is 0.359 e. The molecule has 1 rings (SSSR count). The third kappa shape index (κ3) is 5.10. The molecule has 1 aromatic rings. The first kappa shape index (κ1) is 16.3. The number of carbonyl (C=O) groups excluding carboxylic acids is 1. The topological polar surface area (TPSA) is 113 Å². The number of sulfonamides is 1. The Morgan fingerprint density at radius 3 is 2.45 bits per heavy atom. The van der Waals surface area contributed by atoms with Gasteiger partial charge in [0.15, 0.2) is 0 Å². The maximum absolute atomic E-state index is 11.9. The molecule has 1 heterocycles. The maximum atomic E-state index is 11.9. The monoisotopic (exact) mass is 301 g/mol. The molecule has 0 aliphatic carbocycles. The second kappa shape index (κ2) is 7.75. The van der Waals surface area contributed by atoms with E-state index >= 15 is 0 Å². The fraction of sp³-hybridized carbons (Fsp3) is 0.545. The highest BCUT2D eigenvalue weighted by molar-refractivity contribution is 7.89. The average molecular weight is 301 g/mol. The van der Waals surface area contributed by atoms with Crippen LogP contribution in [0.4, 0.5) is 5.95 Å². The van der Waals surface area contributed by atoms with Crippen molar-refractivity contribution in [3.63, 3.8) is 0 Å². The van der Waals surface area contributed by atoms with Crippen LogP contribution in [0.25, 0.3) is 0 Å². The molecule has 0 spiro atoms. The van der Waals surface area contributed by atoms with Crippen molar-refractivity contribution in [2.75, 3.05) is 25.5 Å². The van der Waals surface area contributed by atoms with E-state index in [4.69, 9.17) is 0 Å². The molecule has 1 amide bonds. The van der Waals surface area contributed by atoms with Gasteiger partial charge in [-0.3, -0.25) is 4.79 Å². The molecule has 8 nitrogen and oxygen atoms in total. The minimum atomic E-state index is -3.68. The van der Waals surface area contributed by atoms with E-state index < -0.39 is 10.0 Å². The van der Waals surface area contributed by atoms with Crippen molar-refractivity contribution in [2.45, 2.75) is 24.7 Å². The molecule has 1 aromatic heterocycles. The van der Waals surface area contributed by atoms with Gasteiger partial charge in [-0.05, 0) is 6.42 Å². The van der Waals surface area contributed by atoms with E-state index in [0.29, 0.717) is 5.95 Å². The van der Waals surface area contributed by atoms with E-state index in [9.17, 15) is 13.2 Å². The lowest BCUT2D eigenvalue weighted by Gasteiger charge is -2.07. The molecule has 0 aromatic carbocycles. The predicted octanol–water partition coefficient (Wildman–Crippen LogP) is -0.287. The normalized spacial score (nSPS) is 11.1. The second-order valence-electron chi connectivity index (χ2n) is 3.99. The summed E-state index contributed by atoms with van der Waals surface area (Å²) in [7, 11) is -2.19. The lowest BCUT2D eigenvalue weighted by atomic mass is 10.4. The summed E-state index contributed by atoms with van der Waals surface area (Å²) < 4.78 is 26.1. The average Bonchev–Trinajstić information content (AvgIpc) is 2.45. The quantitative estimate of drug-likeness (QED) is 0.608. The van der Waals surface area contributed by atoms with Crippen LogP contribution in [0, 0.1) is 0 Å². The number of carbonyl (C=O) groups is 1. The smallest absolute Gasteiger partial charge is 0.243 e. The Hall–Kier alpha value is -1.74. The van der Waals surface area contributed by atoms with E-state index in [1.54, 1.807) is 0 Å². The summed E-state index contributed by atoms with van der Waals surface area (Å²) >= 11 is 0. The van der Waals surface area contributed by atoms with Gasteiger partial charge >= 0.3 is 0 Å². The van der Waals surface area contributed by atoms with E-state index in [0.717, 1.165) is 13.0 Å². The summed E-state index contributed by atoms with van der Waals surface area (Å²) in [5, 5.41) is 5.36. The van der Waals surface area contributed by atoms with Crippen LogP contribution in [0.5, 0.6) is 0 Å². The van der Waals surface area contributed by atoms with Crippen LogP contribution >= 0.6 is 0 Å². The summed E-state index contributed by atoms with van der Waals surface area (Å²) in [6, 6.07) is 0. The molecule has 0 unspecified atom stereocenters. The number of amides is 1. The summed E-state index contributed by atoms with van der Waals surface area (Å²) in [6.45, 7) is 2.75. The van der Waals surface area contributed by atoms with Gasteiger partial charge < -0.3 is 10.6 Å². The molecule has 9 heteroatoms. The van der Waals surface area contributed by atoms with Gasteiger partial charge in [0.05, 0.1) is 12.4 Å². The highest BCUT2D eigenvalue weighted by atomic mass is 32.2. The van der Waals surface area contributed by atoms with Crippen molar-refractivity contribution in [2.24, 2.45) is 0 Å². The number of nitrogens with one attached hydrogen (secondary N) is 3. The standard InChI is InChI=1S/C11H19N5O3S/c1-3-5-13-11-14-7-9(8-15-11)20(18,19)16-6-4-10(17)12-2/h7-8,16H,3-6H2,1-2H3,(H,12,17)(H,13,14,15). The Morgan fingerprint density at radius 1 is 1.25 bits per heavy atom. The van der Waals surface area contributed by atoms with Crippen LogP contribution in [-0.4, -0.2) is 44.4 Å². The van der Waals surface area contributed by atoms with E-state index in [2.05, 4.69) is 25.3 Å². The van der Waals surface area contributed by atoms with Gasteiger partial charge in [0.1, 0.15) is 4.90 Å². The fourth-order valence-electron chi connectivity index (χ4n) is 1.29. The van der Waals surface area contributed by atoms with Crippen molar-refractivity contribution in [1.29, 1.82) is 0 Å². The molecule has 0 saturated carbocycles. The van der Waals surface area contributed by atoms with Gasteiger partial charge in [-0.1, -0.05) is 6.92 Å². The lowest BCUT2D eigenvalue weighted by molar-refractivity contribution is -0.120. The van der Waals surface area contributed by atoms with Gasteiger partial charge in [0.2, 0.25) is 21.9 Å². The van der Waals surface area contributed by atoms with Gasteiger partial charge in [0.25, 0.3) is 0 Å². The first-order valence-electron chi connectivity index (χ1n) is 6.25. The molecule has 0 atom stereocenters. The Balaban J connectivity index is 2.61. The summed E-state index contributed by atoms with van der Waals surface area (Å²) in [4.78, 5) is 18.8. The van der Waals surface area contributed by atoms with Crippen molar-refractivity contribution in [3.8, 4) is 0 Å². The molecular weight excluding hydrogens is 282 g/mol. The zero-order chi connectivity index (χ0) is 15.0. The minimum Gasteiger partial charge on any atom is -0.359 e. The second-order valence-corrected chi connectivity index (χ2v) is 5.76. The minimum absolute atomic E-state index is 0.0256.